The van der Waals surface area contributed by atoms with Crippen LogP contribution in [-0.2, 0) is 0 Å². The Hall–Kier alpha value is -2.14. The normalized spacial score (nSPS) is 13.1. The molecule has 22 heavy (non-hydrogen) atoms. The van der Waals surface area contributed by atoms with Gasteiger partial charge in [-0.3, -0.25) is 4.79 Å². The number of allylic oxidation sites excluding steroid dienone is 1. The zero-order valence-electron chi connectivity index (χ0n) is 11.5. The fourth-order valence-electron chi connectivity index (χ4n) is 2.76. The van der Waals surface area contributed by atoms with Crippen LogP contribution in [-0.4, -0.2) is 5.78 Å². The van der Waals surface area contributed by atoms with Crippen molar-refractivity contribution in [1.82, 2.24) is 0 Å². The minimum absolute atomic E-state index is 0.00904. The third-order valence-corrected chi connectivity index (χ3v) is 4.65. The molecule has 0 amide bonds. The second-order valence-corrected chi connectivity index (χ2v) is 6.28. The minimum atomic E-state index is -0.00904. The standard InChI is InChI=1S/C19H11IO2/c20-15-9-1-2-10-17(15)22-18-11-16(21)13-7-3-5-12-6-4-8-14(18)19(12)13/h1-11H. The molecule has 3 aromatic carbocycles. The van der Waals surface area contributed by atoms with Gasteiger partial charge in [0.05, 0.1) is 3.57 Å². The molecule has 3 heteroatoms. The van der Waals surface area contributed by atoms with E-state index in [0.29, 0.717) is 5.76 Å². The molecule has 0 bridgehead atoms. The Morgan fingerprint density at radius 2 is 1.55 bits per heavy atom. The van der Waals surface area contributed by atoms with Crippen LogP contribution in [0.1, 0.15) is 15.9 Å². The second kappa shape index (κ2) is 5.25. The molecule has 106 valence electrons. The molecule has 3 aromatic rings. The molecule has 0 aromatic heterocycles. The molecule has 1 aliphatic carbocycles. The Kier molecular flexibility index (Phi) is 3.22. The van der Waals surface area contributed by atoms with E-state index in [0.717, 1.165) is 31.2 Å². The Bertz CT molecular complexity index is 936. The van der Waals surface area contributed by atoms with Crippen LogP contribution in [0.5, 0.6) is 5.75 Å². The van der Waals surface area contributed by atoms with E-state index in [-0.39, 0.29) is 5.78 Å². The molecule has 0 saturated carbocycles. The number of hydrogen-bond acceptors (Lipinski definition) is 2. The molecule has 0 atom stereocenters. The maximum Gasteiger partial charge on any atom is 0.190 e. The molecule has 0 N–H and O–H groups in total. The Morgan fingerprint density at radius 3 is 2.32 bits per heavy atom. The lowest BCUT2D eigenvalue weighted by molar-refractivity contribution is 0.104. The fraction of sp³-hybridized carbons (Fsp3) is 0. The Balaban J connectivity index is 1.89. The number of hydrogen-bond donors (Lipinski definition) is 0. The van der Waals surface area contributed by atoms with Crippen LogP contribution in [0.25, 0.3) is 16.5 Å². The highest BCUT2D eigenvalue weighted by Gasteiger charge is 2.21. The lowest BCUT2D eigenvalue weighted by Crippen LogP contribution is -2.09. The Morgan fingerprint density at radius 1 is 0.818 bits per heavy atom. The first-order valence-electron chi connectivity index (χ1n) is 6.94. The van der Waals surface area contributed by atoms with Gasteiger partial charge in [0.2, 0.25) is 0 Å². The maximum absolute atomic E-state index is 12.4. The van der Waals surface area contributed by atoms with Gasteiger partial charge < -0.3 is 4.74 Å². The van der Waals surface area contributed by atoms with Gasteiger partial charge >= 0.3 is 0 Å². The molecule has 2 nitrogen and oxygen atoms in total. The highest BCUT2D eigenvalue weighted by molar-refractivity contribution is 14.1. The number of benzene rings is 3. The van der Waals surface area contributed by atoms with Gasteiger partial charge in [-0.2, -0.15) is 0 Å². The summed E-state index contributed by atoms with van der Waals surface area (Å²) < 4.78 is 7.05. The SMILES string of the molecule is O=C1C=C(Oc2ccccc2I)c2cccc3cccc1c23. The van der Waals surface area contributed by atoms with Crippen LogP contribution in [0, 0.1) is 3.57 Å². The number of carbonyl (C=O) groups excluding carboxylic acids is 1. The van der Waals surface area contributed by atoms with E-state index in [4.69, 9.17) is 4.74 Å². The van der Waals surface area contributed by atoms with E-state index < -0.39 is 0 Å². The monoisotopic (exact) mass is 398 g/mol. The zero-order valence-corrected chi connectivity index (χ0v) is 13.7. The van der Waals surface area contributed by atoms with Crippen LogP contribution in [0.2, 0.25) is 0 Å². The number of carbonyl (C=O) groups is 1. The van der Waals surface area contributed by atoms with Gasteiger partial charge in [0.1, 0.15) is 11.5 Å². The molecule has 4 rings (SSSR count). The highest BCUT2D eigenvalue weighted by atomic mass is 127. The van der Waals surface area contributed by atoms with E-state index in [1.165, 1.54) is 0 Å². The van der Waals surface area contributed by atoms with Crippen LogP contribution in [0.15, 0.2) is 66.7 Å². The van der Waals surface area contributed by atoms with Crippen molar-refractivity contribution in [1.29, 1.82) is 0 Å². The molecule has 0 saturated heterocycles. The van der Waals surface area contributed by atoms with Gasteiger partial charge in [0, 0.05) is 22.6 Å². The molecule has 0 aliphatic heterocycles. The highest BCUT2D eigenvalue weighted by Crippen LogP contribution is 2.35. The topological polar surface area (TPSA) is 26.3 Å². The predicted molar refractivity (Wildman–Crippen MR) is 96.0 cm³/mol. The summed E-state index contributed by atoms with van der Waals surface area (Å²) in [6, 6.07) is 19.6. The van der Waals surface area contributed by atoms with E-state index in [1.807, 2.05) is 60.7 Å². The summed E-state index contributed by atoms with van der Waals surface area (Å²) in [5.41, 5.74) is 1.70. The summed E-state index contributed by atoms with van der Waals surface area (Å²) in [6.07, 6.45) is 1.58. The third kappa shape index (κ3) is 2.13. The van der Waals surface area contributed by atoms with Crippen molar-refractivity contribution in [2.45, 2.75) is 0 Å². The zero-order chi connectivity index (χ0) is 15.1. The molecule has 0 fully saturated rings. The number of ether oxygens (including phenoxy) is 1. The quantitative estimate of drug-likeness (QED) is 0.564. The first kappa shape index (κ1) is 13.5. The molecule has 1 aliphatic rings. The van der Waals surface area contributed by atoms with Gasteiger partial charge in [-0.15, -0.1) is 0 Å². The van der Waals surface area contributed by atoms with E-state index in [2.05, 4.69) is 22.6 Å². The van der Waals surface area contributed by atoms with Gasteiger partial charge in [-0.05, 0) is 40.1 Å². The lowest BCUT2D eigenvalue weighted by atomic mass is 9.91. The maximum atomic E-state index is 12.4. The number of para-hydroxylation sites is 1. The van der Waals surface area contributed by atoms with Gasteiger partial charge in [0.25, 0.3) is 0 Å². The molecule has 0 unspecified atom stereocenters. The summed E-state index contributed by atoms with van der Waals surface area (Å²) in [7, 11) is 0. The molecular formula is C19H11IO2. The van der Waals surface area contributed by atoms with Crippen LogP contribution in [0.3, 0.4) is 0 Å². The average Bonchev–Trinajstić information content (AvgIpc) is 2.54. The Labute approximate surface area is 141 Å². The van der Waals surface area contributed by atoms with E-state index >= 15 is 0 Å². The van der Waals surface area contributed by atoms with Crippen LogP contribution in [0.4, 0.5) is 0 Å². The van der Waals surface area contributed by atoms with Crippen molar-refractivity contribution in [3.63, 3.8) is 0 Å². The van der Waals surface area contributed by atoms with Crippen molar-refractivity contribution in [3.8, 4) is 5.75 Å². The van der Waals surface area contributed by atoms with Gasteiger partial charge in [-0.25, -0.2) is 0 Å². The predicted octanol–water partition coefficient (Wildman–Crippen LogP) is 5.06. The van der Waals surface area contributed by atoms with Gasteiger partial charge in [0.15, 0.2) is 5.78 Å². The molecule has 0 spiro atoms. The van der Waals surface area contributed by atoms with Gasteiger partial charge in [-0.1, -0.05) is 48.5 Å². The van der Waals surface area contributed by atoms with Crippen molar-refractivity contribution in [2.75, 3.05) is 0 Å². The third-order valence-electron chi connectivity index (χ3n) is 3.75. The van der Waals surface area contributed by atoms with E-state index in [9.17, 15) is 4.79 Å². The summed E-state index contributed by atoms with van der Waals surface area (Å²) in [4.78, 5) is 12.4. The molecular weight excluding hydrogens is 387 g/mol. The van der Waals surface area contributed by atoms with Crippen LogP contribution >= 0.6 is 22.6 Å². The second-order valence-electron chi connectivity index (χ2n) is 5.11. The van der Waals surface area contributed by atoms with Crippen molar-refractivity contribution < 1.29 is 9.53 Å². The summed E-state index contributed by atoms with van der Waals surface area (Å²) in [5, 5.41) is 2.03. The van der Waals surface area contributed by atoms with Crippen LogP contribution < -0.4 is 4.74 Å². The number of ketones is 1. The number of halogens is 1. The number of rotatable bonds is 2. The first-order chi connectivity index (χ1) is 10.7. The largest absolute Gasteiger partial charge is 0.455 e. The fourth-order valence-corrected chi connectivity index (χ4v) is 3.25. The minimum Gasteiger partial charge on any atom is -0.455 e. The molecule has 0 radical (unpaired) electrons. The summed E-state index contributed by atoms with van der Waals surface area (Å²) in [6.45, 7) is 0. The summed E-state index contributed by atoms with van der Waals surface area (Å²) in [5.74, 6) is 1.36. The molecule has 0 heterocycles. The lowest BCUT2D eigenvalue weighted by Gasteiger charge is -2.18. The first-order valence-corrected chi connectivity index (χ1v) is 8.02. The van der Waals surface area contributed by atoms with E-state index in [1.54, 1.807) is 6.08 Å². The van der Waals surface area contributed by atoms with Crippen molar-refractivity contribution in [3.05, 3.63) is 81.4 Å². The van der Waals surface area contributed by atoms with Crippen molar-refractivity contribution in [2.24, 2.45) is 0 Å². The summed E-state index contributed by atoms with van der Waals surface area (Å²) >= 11 is 2.23. The average molecular weight is 398 g/mol. The smallest absolute Gasteiger partial charge is 0.190 e. The van der Waals surface area contributed by atoms with Crippen molar-refractivity contribution >= 4 is 44.9 Å².